The van der Waals surface area contributed by atoms with Crippen molar-refractivity contribution in [1.82, 2.24) is 14.8 Å². The van der Waals surface area contributed by atoms with E-state index in [4.69, 9.17) is 0 Å². The third-order valence-electron chi connectivity index (χ3n) is 5.56. The number of allylic oxidation sites excluding steroid dienone is 1. The number of benzene rings is 3. The molecule has 0 fully saturated rings. The Morgan fingerprint density at radius 1 is 1.03 bits per heavy atom. The molecular formula is C25H20N6O3. The van der Waals surface area contributed by atoms with E-state index in [1.54, 1.807) is 16.8 Å². The SMILES string of the molecule is CC1=C(C(=O)Nc2ccccc2)C(c2ccccc2)n2nc(-c3cccc([N+](=O)[O-])c3)nc2N1. The number of amides is 1. The number of nitrogens with one attached hydrogen (secondary N) is 2. The quantitative estimate of drug-likeness (QED) is 0.333. The number of nitro groups is 1. The summed E-state index contributed by atoms with van der Waals surface area (Å²) in [6.45, 7) is 1.82. The topological polar surface area (TPSA) is 115 Å². The predicted octanol–water partition coefficient (Wildman–Crippen LogP) is 4.78. The molecule has 1 aliphatic rings. The zero-order valence-electron chi connectivity index (χ0n) is 18.2. The summed E-state index contributed by atoms with van der Waals surface area (Å²) in [6, 6.07) is 24.4. The number of rotatable bonds is 5. The Morgan fingerprint density at radius 2 is 1.74 bits per heavy atom. The first-order valence-electron chi connectivity index (χ1n) is 10.6. The number of anilines is 2. The van der Waals surface area contributed by atoms with E-state index in [0.717, 1.165) is 5.56 Å². The van der Waals surface area contributed by atoms with Crippen LogP contribution in [-0.2, 0) is 4.79 Å². The second-order valence-electron chi connectivity index (χ2n) is 7.81. The Hall–Kier alpha value is -4.79. The summed E-state index contributed by atoms with van der Waals surface area (Å²) in [5, 5.41) is 22.0. The van der Waals surface area contributed by atoms with Crippen LogP contribution >= 0.6 is 0 Å². The van der Waals surface area contributed by atoms with Crippen LogP contribution in [0.1, 0.15) is 18.5 Å². The molecule has 0 saturated heterocycles. The van der Waals surface area contributed by atoms with Gasteiger partial charge in [-0.05, 0) is 24.6 Å². The van der Waals surface area contributed by atoms with Gasteiger partial charge in [0.15, 0.2) is 5.82 Å². The molecule has 0 spiro atoms. The van der Waals surface area contributed by atoms with Gasteiger partial charge in [-0.1, -0.05) is 60.7 Å². The average molecular weight is 452 g/mol. The fourth-order valence-electron chi connectivity index (χ4n) is 3.99. The minimum absolute atomic E-state index is 0.0462. The van der Waals surface area contributed by atoms with Crippen molar-refractivity contribution in [2.75, 3.05) is 10.6 Å². The largest absolute Gasteiger partial charge is 0.328 e. The van der Waals surface area contributed by atoms with Gasteiger partial charge in [-0.15, -0.1) is 5.10 Å². The summed E-state index contributed by atoms with van der Waals surface area (Å²) in [5.74, 6) is 0.511. The smallest absolute Gasteiger partial charge is 0.270 e. The summed E-state index contributed by atoms with van der Waals surface area (Å²) in [6.07, 6.45) is 0. The molecule has 0 radical (unpaired) electrons. The molecule has 0 aliphatic carbocycles. The highest BCUT2D eigenvalue weighted by molar-refractivity contribution is 6.06. The molecule has 1 unspecified atom stereocenters. The normalized spacial score (nSPS) is 14.8. The van der Waals surface area contributed by atoms with E-state index in [-0.39, 0.29) is 11.6 Å². The number of aromatic nitrogens is 3. The van der Waals surface area contributed by atoms with Gasteiger partial charge in [-0.2, -0.15) is 4.98 Å². The molecule has 2 heterocycles. The summed E-state index contributed by atoms with van der Waals surface area (Å²) in [4.78, 5) is 28.8. The third-order valence-corrected chi connectivity index (χ3v) is 5.56. The highest BCUT2D eigenvalue weighted by Gasteiger charge is 2.34. The van der Waals surface area contributed by atoms with Crippen LogP contribution in [0.5, 0.6) is 0 Å². The van der Waals surface area contributed by atoms with Crippen molar-refractivity contribution in [1.29, 1.82) is 0 Å². The van der Waals surface area contributed by atoms with Gasteiger partial charge in [-0.25, -0.2) is 4.68 Å². The van der Waals surface area contributed by atoms with E-state index < -0.39 is 11.0 Å². The Labute approximate surface area is 194 Å². The maximum atomic E-state index is 13.4. The van der Waals surface area contributed by atoms with Crippen LogP contribution in [0.25, 0.3) is 11.4 Å². The van der Waals surface area contributed by atoms with E-state index >= 15 is 0 Å². The van der Waals surface area contributed by atoms with Crippen molar-refractivity contribution in [3.8, 4) is 11.4 Å². The van der Waals surface area contributed by atoms with Crippen LogP contribution in [0.15, 0.2) is 96.2 Å². The number of nitro benzene ring substituents is 1. The number of para-hydroxylation sites is 1. The van der Waals surface area contributed by atoms with Crippen LogP contribution in [0.3, 0.4) is 0 Å². The number of nitrogens with zero attached hydrogens (tertiary/aromatic N) is 4. The van der Waals surface area contributed by atoms with Gasteiger partial charge < -0.3 is 10.6 Å². The standard InChI is InChI=1S/C25H20N6O3/c1-16-21(24(32)27-19-12-6-3-7-13-19)22(17-9-4-2-5-10-17)30-25(26-16)28-23(29-30)18-11-8-14-20(15-18)31(33)34/h2-15,22H,1H3,(H,27,32)(H,26,28,29). The van der Waals surface area contributed by atoms with Gasteiger partial charge in [0, 0.05) is 29.1 Å². The number of fused-ring (bicyclic) bond motifs is 1. The molecule has 168 valence electrons. The van der Waals surface area contributed by atoms with Crippen molar-refractivity contribution in [2.45, 2.75) is 13.0 Å². The molecule has 34 heavy (non-hydrogen) atoms. The molecule has 3 aromatic carbocycles. The zero-order chi connectivity index (χ0) is 23.7. The van der Waals surface area contributed by atoms with Crippen molar-refractivity contribution < 1.29 is 9.72 Å². The fraction of sp³-hybridized carbons (Fsp3) is 0.0800. The van der Waals surface area contributed by atoms with Gasteiger partial charge in [-0.3, -0.25) is 14.9 Å². The van der Waals surface area contributed by atoms with Gasteiger partial charge in [0.1, 0.15) is 6.04 Å². The summed E-state index contributed by atoms with van der Waals surface area (Å²) in [7, 11) is 0. The number of hydrogen-bond acceptors (Lipinski definition) is 6. The Balaban J connectivity index is 1.59. The molecule has 9 nitrogen and oxygen atoms in total. The highest BCUT2D eigenvalue weighted by atomic mass is 16.6. The Bertz CT molecular complexity index is 1410. The summed E-state index contributed by atoms with van der Waals surface area (Å²) < 4.78 is 1.65. The minimum Gasteiger partial charge on any atom is -0.328 e. The predicted molar refractivity (Wildman–Crippen MR) is 128 cm³/mol. The molecular weight excluding hydrogens is 432 g/mol. The third kappa shape index (κ3) is 3.90. The lowest BCUT2D eigenvalue weighted by Gasteiger charge is -2.28. The lowest BCUT2D eigenvalue weighted by molar-refractivity contribution is -0.384. The molecule has 1 aromatic heterocycles. The fourth-order valence-corrected chi connectivity index (χ4v) is 3.99. The van der Waals surface area contributed by atoms with Crippen molar-refractivity contribution in [2.24, 2.45) is 0 Å². The maximum Gasteiger partial charge on any atom is 0.270 e. The lowest BCUT2D eigenvalue weighted by atomic mass is 9.95. The Kier molecular flexibility index (Phi) is 5.35. The molecule has 9 heteroatoms. The van der Waals surface area contributed by atoms with E-state index in [1.165, 1.54) is 12.1 Å². The number of carbonyl (C=O) groups excluding carboxylic acids is 1. The summed E-state index contributed by atoms with van der Waals surface area (Å²) in [5.41, 5.74) is 3.15. The first-order chi connectivity index (χ1) is 16.5. The van der Waals surface area contributed by atoms with Crippen LogP contribution < -0.4 is 10.6 Å². The van der Waals surface area contributed by atoms with Gasteiger partial charge >= 0.3 is 0 Å². The molecule has 0 bridgehead atoms. The van der Waals surface area contributed by atoms with Crippen molar-refractivity contribution in [3.63, 3.8) is 0 Å². The molecule has 0 saturated carbocycles. The molecule has 1 aliphatic heterocycles. The molecule has 2 N–H and O–H groups in total. The second kappa shape index (κ2) is 8.62. The van der Waals surface area contributed by atoms with Crippen molar-refractivity contribution >= 4 is 23.2 Å². The van der Waals surface area contributed by atoms with E-state index in [2.05, 4.69) is 20.7 Å². The van der Waals surface area contributed by atoms with E-state index in [9.17, 15) is 14.9 Å². The monoisotopic (exact) mass is 452 g/mol. The van der Waals surface area contributed by atoms with E-state index in [0.29, 0.717) is 34.3 Å². The molecule has 1 amide bonds. The van der Waals surface area contributed by atoms with Crippen LogP contribution in [0.2, 0.25) is 0 Å². The lowest BCUT2D eigenvalue weighted by Crippen LogP contribution is -2.31. The maximum absolute atomic E-state index is 13.4. The van der Waals surface area contributed by atoms with Gasteiger partial charge in [0.05, 0.1) is 10.5 Å². The molecule has 4 aromatic rings. The second-order valence-corrected chi connectivity index (χ2v) is 7.81. The van der Waals surface area contributed by atoms with Gasteiger partial charge in [0.2, 0.25) is 5.95 Å². The van der Waals surface area contributed by atoms with Crippen LogP contribution in [0, 0.1) is 10.1 Å². The first-order valence-corrected chi connectivity index (χ1v) is 10.6. The van der Waals surface area contributed by atoms with Crippen LogP contribution in [0.4, 0.5) is 17.3 Å². The van der Waals surface area contributed by atoms with Crippen LogP contribution in [-0.4, -0.2) is 25.6 Å². The van der Waals surface area contributed by atoms with Crippen molar-refractivity contribution in [3.05, 3.63) is 112 Å². The molecule has 5 rings (SSSR count). The van der Waals surface area contributed by atoms with Gasteiger partial charge in [0.25, 0.3) is 11.6 Å². The molecule has 1 atom stereocenters. The zero-order valence-corrected chi connectivity index (χ0v) is 18.2. The summed E-state index contributed by atoms with van der Waals surface area (Å²) >= 11 is 0. The average Bonchev–Trinajstić information content (AvgIpc) is 3.28. The minimum atomic E-state index is -0.541. The highest BCUT2D eigenvalue weighted by Crippen LogP contribution is 2.37. The number of hydrogen-bond donors (Lipinski definition) is 2. The first kappa shape index (κ1) is 21.1. The number of carbonyl (C=O) groups is 1. The number of non-ortho nitro benzene ring substituents is 1. The Morgan fingerprint density at radius 3 is 2.44 bits per heavy atom. The van der Waals surface area contributed by atoms with E-state index in [1.807, 2.05) is 67.6 Å².